The average molecular weight is 308 g/mol. The Hall–Kier alpha value is -1.56. The first-order valence-electron chi connectivity index (χ1n) is 6.17. The Morgan fingerprint density at radius 1 is 1.50 bits per heavy atom. The Morgan fingerprint density at radius 2 is 2.35 bits per heavy atom. The summed E-state index contributed by atoms with van der Waals surface area (Å²) in [6.07, 6.45) is 4.66. The van der Waals surface area contributed by atoms with Crippen LogP contribution in [0.2, 0.25) is 5.02 Å². The van der Waals surface area contributed by atoms with Crippen LogP contribution in [-0.4, -0.2) is 16.5 Å². The highest BCUT2D eigenvalue weighted by atomic mass is 35.5. The molecule has 1 unspecified atom stereocenters. The molecule has 0 saturated carbocycles. The van der Waals surface area contributed by atoms with Crippen LogP contribution in [0.3, 0.4) is 0 Å². The van der Waals surface area contributed by atoms with Gasteiger partial charge >= 0.3 is 0 Å². The number of rotatable bonds is 4. The molecule has 2 N–H and O–H groups in total. The van der Waals surface area contributed by atoms with Crippen LogP contribution in [0.15, 0.2) is 36.0 Å². The molecule has 1 atom stereocenters. The van der Waals surface area contributed by atoms with E-state index < -0.39 is 0 Å². The van der Waals surface area contributed by atoms with E-state index in [1.165, 1.54) is 0 Å². The number of hydrogen-bond acceptors (Lipinski definition) is 4. The molecule has 0 amide bonds. The minimum atomic E-state index is -0.174. The van der Waals surface area contributed by atoms with E-state index in [-0.39, 0.29) is 6.04 Å². The highest BCUT2D eigenvalue weighted by Crippen LogP contribution is 2.29. The average Bonchev–Trinajstić information content (AvgIpc) is 2.99. The number of hydrogen-bond donors (Lipinski definition) is 1. The van der Waals surface area contributed by atoms with Crippen molar-refractivity contribution in [2.24, 2.45) is 5.73 Å². The van der Waals surface area contributed by atoms with Crippen molar-refractivity contribution < 1.29 is 4.74 Å². The second-order valence-corrected chi connectivity index (χ2v) is 5.83. The quantitative estimate of drug-likeness (QED) is 0.804. The number of nitrogens with two attached hydrogens (primary N) is 1. The number of fused-ring (bicyclic) bond motifs is 1. The second kappa shape index (κ2) is 5.44. The fourth-order valence-electron chi connectivity index (χ4n) is 2.20. The largest absolute Gasteiger partial charge is 0.496 e. The van der Waals surface area contributed by atoms with Crippen LogP contribution in [0, 0.1) is 0 Å². The zero-order valence-electron chi connectivity index (χ0n) is 10.9. The summed E-state index contributed by atoms with van der Waals surface area (Å²) in [6.45, 7) is 0. The third kappa shape index (κ3) is 2.52. The van der Waals surface area contributed by atoms with E-state index in [4.69, 9.17) is 22.1 Å². The van der Waals surface area contributed by atoms with E-state index in [9.17, 15) is 0 Å². The van der Waals surface area contributed by atoms with Crippen molar-refractivity contribution in [2.75, 3.05) is 7.11 Å². The zero-order valence-corrected chi connectivity index (χ0v) is 12.5. The van der Waals surface area contributed by atoms with E-state index in [2.05, 4.69) is 4.98 Å². The maximum Gasteiger partial charge on any atom is 0.193 e. The Kier molecular flexibility index (Phi) is 3.65. The summed E-state index contributed by atoms with van der Waals surface area (Å²) in [5.41, 5.74) is 8.19. The summed E-state index contributed by atoms with van der Waals surface area (Å²) in [7, 11) is 1.62. The molecule has 104 valence electrons. The molecule has 3 aromatic rings. The smallest absolute Gasteiger partial charge is 0.193 e. The summed E-state index contributed by atoms with van der Waals surface area (Å²) < 4.78 is 7.35. The highest BCUT2D eigenvalue weighted by molar-refractivity contribution is 7.15. The maximum absolute atomic E-state index is 6.28. The van der Waals surface area contributed by atoms with E-state index >= 15 is 0 Å². The van der Waals surface area contributed by atoms with Gasteiger partial charge in [-0.2, -0.15) is 0 Å². The number of benzene rings is 1. The minimum Gasteiger partial charge on any atom is -0.496 e. The first kappa shape index (κ1) is 13.4. The minimum absolute atomic E-state index is 0.174. The van der Waals surface area contributed by atoms with Gasteiger partial charge in [-0.15, -0.1) is 11.3 Å². The molecule has 0 radical (unpaired) electrons. The molecule has 0 saturated heterocycles. The number of thiazole rings is 1. The van der Waals surface area contributed by atoms with Gasteiger partial charge in [0.05, 0.1) is 12.8 Å². The van der Waals surface area contributed by atoms with Crippen LogP contribution < -0.4 is 10.5 Å². The van der Waals surface area contributed by atoms with Crippen molar-refractivity contribution in [3.63, 3.8) is 0 Å². The molecule has 6 heteroatoms. The van der Waals surface area contributed by atoms with Gasteiger partial charge in [0.25, 0.3) is 0 Å². The Balaban J connectivity index is 1.85. The Labute approximate surface area is 125 Å². The summed E-state index contributed by atoms with van der Waals surface area (Å²) >= 11 is 7.57. The maximum atomic E-state index is 6.28. The topological polar surface area (TPSA) is 52.5 Å². The molecule has 0 fully saturated rings. The lowest BCUT2D eigenvalue weighted by Crippen LogP contribution is -2.14. The van der Waals surface area contributed by atoms with Gasteiger partial charge in [0.1, 0.15) is 5.75 Å². The van der Waals surface area contributed by atoms with E-state index in [1.807, 2.05) is 34.3 Å². The fourth-order valence-corrected chi connectivity index (χ4v) is 3.08. The number of halogens is 1. The molecule has 0 spiro atoms. The standard InChI is InChI=1S/C14H14ClN3OS/c1-19-13-6-9(15)2-3-11(13)12(16)7-10-8-18-4-5-20-14(18)17-10/h2-6,8,12H,7,16H2,1H3. The fraction of sp³-hybridized carbons (Fsp3) is 0.214. The first-order valence-corrected chi connectivity index (χ1v) is 7.43. The molecule has 0 aliphatic heterocycles. The Bertz CT molecular complexity index is 708. The predicted molar refractivity (Wildman–Crippen MR) is 81.7 cm³/mol. The van der Waals surface area contributed by atoms with Gasteiger partial charge in [-0.25, -0.2) is 4.98 Å². The summed E-state index contributed by atoms with van der Waals surface area (Å²) in [4.78, 5) is 5.53. The zero-order chi connectivity index (χ0) is 14.1. The molecule has 20 heavy (non-hydrogen) atoms. The van der Waals surface area contributed by atoms with Crippen molar-refractivity contribution >= 4 is 27.9 Å². The molecular weight excluding hydrogens is 294 g/mol. The van der Waals surface area contributed by atoms with Crippen LogP contribution in [0.4, 0.5) is 0 Å². The van der Waals surface area contributed by atoms with Gasteiger partial charge in [0.2, 0.25) is 0 Å². The Morgan fingerprint density at radius 3 is 3.10 bits per heavy atom. The van der Waals surface area contributed by atoms with Crippen molar-refractivity contribution in [1.29, 1.82) is 0 Å². The SMILES string of the molecule is COc1cc(Cl)ccc1C(N)Cc1cn2ccsc2n1. The van der Waals surface area contributed by atoms with Crippen LogP contribution in [0.1, 0.15) is 17.3 Å². The predicted octanol–water partition coefficient (Wildman–Crippen LogP) is 3.30. The third-order valence-electron chi connectivity index (χ3n) is 3.17. The number of ether oxygens (including phenoxy) is 1. The number of imidazole rings is 1. The normalized spacial score (nSPS) is 12.8. The lowest BCUT2D eigenvalue weighted by molar-refractivity contribution is 0.405. The lowest BCUT2D eigenvalue weighted by Gasteiger charge is -2.15. The number of methoxy groups -OCH3 is 1. The van der Waals surface area contributed by atoms with Gasteiger partial charge in [-0.3, -0.25) is 4.40 Å². The number of nitrogens with zero attached hydrogens (tertiary/aromatic N) is 2. The molecule has 2 heterocycles. The lowest BCUT2D eigenvalue weighted by atomic mass is 10.0. The van der Waals surface area contributed by atoms with Crippen LogP contribution >= 0.6 is 22.9 Å². The molecule has 0 aliphatic carbocycles. The summed E-state index contributed by atoms with van der Waals surface area (Å²) in [5, 5.41) is 2.65. The molecule has 3 rings (SSSR count). The van der Waals surface area contributed by atoms with E-state index in [0.717, 1.165) is 16.2 Å². The van der Waals surface area contributed by atoms with Gasteiger partial charge in [-0.05, 0) is 12.1 Å². The monoisotopic (exact) mass is 307 g/mol. The highest BCUT2D eigenvalue weighted by Gasteiger charge is 2.15. The first-order chi connectivity index (χ1) is 9.67. The molecule has 0 aliphatic rings. The number of aromatic nitrogens is 2. The summed E-state index contributed by atoms with van der Waals surface area (Å²) in [6, 6.07) is 5.34. The van der Waals surface area contributed by atoms with E-state index in [1.54, 1.807) is 24.5 Å². The van der Waals surface area contributed by atoms with Crippen molar-refractivity contribution in [3.8, 4) is 5.75 Å². The van der Waals surface area contributed by atoms with E-state index in [0.29, 0.717) is 17.2 Å². The van der Waals surface area contributed by atoms with Gasteiger partial charge < -0.3 is 10.5 Å². The van der Waals surface area contributed by atoms with Gasteiger partial charge in [0, 0.05) is 40.8 Å². The molecule has 2 aromatic heterocycles. The van der Waals surface area contributed by atoms with Crippen molar-refractivity contribution in [2.45, 2.75) is 12.5 Å². The van der Waals surface area contributed by atoms with Gasteiger partial charge in [-0.1, -0.05) is 17.7 Å². The summed E-state index contributed by atoms with van der Waals surface area (Å²) in [5.74, 6) is 0.714. The van der Waals surface area contributed by atoms with Gasteiger partial charge in [0.15, 0.2) is 4.96 Å². The van der Waals surface area contributed by atoms with Crippen LogP contribution in [-0.2, 0) is 6.42 Å². The van der Waals surface area contributed by atoms with Crippen molar-refractivity contribution in [3.05, 3.63) is 52.3 Å². The molecule has 4 nitrogen and oxygen atoms in total. The molecular formula is C14H14ClN3OS. The van der Waals surface area contributed by atoms with Crippen LogP contribution in [0.25, 0.3) is 4.96 Å². The van der Waals surface area contributed by atoms with Crippen LogP contribution in [0.5, 0.6) is 5.75 Å². The van der Waals surface area contributed by atoms with Crippen molar-refractivity contribution in [1.82, 2.24) is 9.38 Å². The molecule has 1 aromatic carbocycles. The second-order valence-electron chi connectivity index (χ2n) is 4.52. The third-order valence-corrected chi connectivity index (χ3v) is 4.17. The molecule has 0 bridgehead atoms.